The fraction of sp³-hybridized carbons (Fsp3) is 0.207. The lowest BCUT2D eigenvalue weighted by molar-refractivity contribution is 0.0950. The van der Waals surface area contributed by atoms with Gasteiger partial charge in [0.1, 0.15) is 11.3 Å². The zero-order valence-corrected chi connectivity index (χ0v) is 21.0. The molecule has 2 aromatic heterocycles. The quantitative estimate of drug-likeness (QED) is 0.191. The van der Waals surface area contributed by atoms with Crippen molar-refractivity contribution in [1.29, 1.82) is 0 Å². The highest BCUT2D eigenvalue weighted by molar-refractivity contribution is 6.06. The first-order valence-electron chi connectivity index (χ1n) is 12.5. The molecule has 0 saturated carbocycles. The molecule has 194 valence electrons. The number of phenols is 3. The molecule has 9 nitrogen and oxygen atoms in total. The van der Waals surface area contributed by atoms with Gasteiger partial charge in [0.2, 0.25) is 0 Å². The van der Waals surface area contributed by atoms with Crippen molar-refractivity contribution in [2.24, 2.45) is 0 Å². The Morgan fingerprint density at radius 1 is 0.974 bits per heavy atom. The number of aryl methyl sites for hydroxylation is 1. The average molecular weight is 512 g/mol. The van der Waals surface area contributed by atoms with Crippen LogP contribution in [-0.2, 0) is 19.5 Å². The van der Waals surface area contributed by atoms with Gasteiger partial charge in [-0.05, 0) is 35.7 Å². The zero-order valence-electron chi connectivity index (χ0n) is 21.0. The Morgan fingerprint density at radius 2 is 1.71 bits per heavy atom. The predicted molar refractivity (Wildman–Crippen MR) is 146 cm³/mol. The molecule has 3 aromatic carbocycles. The standard InChI is InChI=1S/C29H29N5O4/c1-2-3-11-24-33-25-26(20-9-4-5-10-21(20)32-28(25)30)34(24)16-18-8-6-7-17(12-18)15-31-29(38)19-13-22(35)27(37)23(36)14-19/h4-10,12-14,35-37H,2-3,11,15-16H2,1H3,(H2,30,32)(H,31,38). The van der Waals surface area contributed by atoms with E-state index in [-0.39, 0.29) is 12.1 Å². The van der Waals surface area contributed by atoms with Crippen LogP contribution in [0.15, 0.2) is 60.7 Å². The summed E-state index contributed by atoms with van der Waals surface area (Å²) in [6, 6.07) is 18.0. The average Bonchev–Trinajstić information content (AvgIpc) is 3.28. The van der Waals surface area contributed by atoms with E-state index in [2.05, 4.69) is 21.8 Å². The number of anilines is 1. The second-order valence-corrected chi connectivity index (χ2v) is 9.29. The molecule has 0 saturated heterocycles. The summed E-state index contributed by atoms with van der Waals surface area (Å²) in [4.78, 5) is 22.0. The minimum atomic E-state index is -0.662. The normalized spacial score (nSPS) is 11.3. The molecule has 0 atom stereocenters. The largest absolute Gasteiger partial charge is 0.504 e. The fourth-order valence-corrected chi connectivity index (χ4v) is 4.64. The number of amides is 1. The maximum Gasteiger partial charge on any atom is 0.251 e. The van der Waals surface area contributed by atoms with Crippen molar-refractivity contribution in [2.75, 3.05) is 5.73 Å². The number of hydrogen-bond donors (Lipinski definition) is 5. The van der Waals surface area contributed by atoms with Crippen LogP contribution in [0, 0.1) is 0 Å². The smallest absolute Gasteiger partial charge is 0.251 e. The molecule has 5 aromatic rings. The number of imidazole rings is 1. The predicted octanol–water partition coefficient (Wildman–Crippen LogP) is 4.60. The Balaban J connectivity index is 1.44. The number of nitrogens with two attached hydrogens (primary N) is 1. The van der Waals surface area contributed by atoms with E-state index in [9.17, 15) is 20.1 Å². The van der Waals surface area contributed by atoms with Crippen molar-refractivity contribution in [3.63, 3.8) is 0 Å². The van der Waals surface area contributed by atoms with Gasteiger partial charge in [-0.1, -0.05) is 55.8 Å². The molecule has 6 N–H and O–H groups in total. The number of benzene rings is 3. The number of rotatable bonds is 8. The Morgan fingerprint density at radius 3 is 2.47 bits per heavy atom. The van der Waals surface area contributed by atoms with Crippen molar-refractivity contribution in [3.05, 3.63) is 83.2 Å². The number of hydrogen-bond acceptors (Lipinski definition) is 7. The molecule has 0 aliphatic rings. The lowest BCUT2D eigenvalue weighted by Crippen LogP contribution is -2.22. The molecule has 0 unspecified atom stereocenters. The summed E-state index contributed by atoms with van der Waals surface area (Å²) in [6.07, 6.45) is 2.87. The molecule has 2 heterocycles. The molecule has 9 heteroatoms. The van der Waals surface area contributed by atoms with Crippen LogP contribution < -0.4 is 11.1 Å². The van der Waals surface area contributed by atoms with Crippen LogP contribution in [0.1, 0.15) is 47.1 Å². The molecule has 0 radical (unpaired) electrons. The molecule has 0 aliphatic heterocycles. The third-order valence-corrected chi connectivity index (χ3v) is 6.56. The summed E-state index contributed by atoms with van der Waals surface area (Å²) in [5.74, 6) is -0.906. The third kappa shape index (κ3) is 4.78. The van der Waals surface area contributed by atoms with Crippen molar-refractivity contribution in [1.82, 2.24) is 19.9 Å². The third-order valence-electron chi connectivity index (χ3n) is 6.56. The Bertz CT molecular complexity index is 1640. The van der Waals surface area contributed by atoms with Crippen LogP contribution in [0.5, 0.6) is 17.2 Å². The number of pyridine rings is 1. The van der Waals surface area contributed by atoms with E-state index in [0.717, 1.165) is 64.8 Å². The Labute approximate surface area is 219 Å². The number of unbranched alkanes of at least 4 members (excludes halogenated alkanes) is 1. The van der Waals surface area contributed by atoms with Gasteiger partial charge in [0, 0.05) is 30.5 Å². The first kappa shape index (κ1) is 24.9. The number of nitrogens with one attached hydrogen (secondary N) is 1. The highest BCUT2D eigenvalue weighted by atomic mass is 16.3. The highest BCUT2D eigenvalue weighted by Gasteiger charge is 2.18. The number of nitrogens with zero attached hydrogens (tertiary/aromatic N) is 3. The van der Waals surface area contributed by atoms with Crippen LogP contribution in [0.2, 0.25) is 0 Å². The van der Waals surface area contributed by atoms with Crippen molar-refractivity contribution in [2.45, 2.75) is 39.3 Å². The van der Waals surface area contributed by atoms with E-state index in [1.807, 2.05) is 48.5 Å². The minimum absolute atomic E-state index is 0.0393. The fourth-order valence-electron chi connectivity index (χ4n) is 4.64. The summed E-state index contributed by atoms with van der Waals surface area (Å²) >= 11 is 0. The van der Waals surface area contributed by atoms with E-state index in [1.165, 1.54) is 0 Å². The first-order valence-corrected chi connectivity index (χ1v) is 12.5. The van der Waals surface area contributed by atoms with E-state index in [0.29, 0.717) is 17.9 Å². The summed E-state index contributed by atoms with van der Waals surface area (Å²) in [5, 5.41) is 32.7. The number of aromatic hydroxyl groups is 3. The van der Waals surface area contributed by atoms with Gasteiger partial charge < -0.3 is 30.9 Å². The maximum atomic E-state index is 12.6. The van der Waals surface area contributed by atoms with Crippen LogP contribution >= 0.6 is 0 Å². The molecule has 0 spiro atoms. The first-order chi connectivity index (χ1) is 18.4. The SMILES string of the molecule is CCCCc1nc2c(N)nc3ccccc3c2n1Cc1cccc(CNC(=O)c2cc(O)c(O)c(O)c2)c1. The van der Waals surface area contributed by atoms with E-state index >= 15 is 0 Å². The van der Waals surface area contributed by atoms with Gasteiger partial charge >= 0.3 is 0 Å². The van der Waals surface area contributed by atoms with Gasteiger partial charge in [0.15, 0.2) is 23.1 Å². The maximum absolute atomic E-state index is 12.6. The number of fused-ring (bicyclic) bond motifs is 3. The van der Waals surface area contributed by atoms with Crippen LogP contribution in [-0.4, -0.2) is 35.8 Å². The summed E-state index contributed by atoms with van der Waals surface area (Å²) in [7, 11) is 0. The Kier molecular flexibility index (Phi) is 6.74. The van der Waals surface area contributed by atoms with E-state index in [1.54, 1.807) is 0 Å². The van der Waals surface area contributed by atoms with Gasteiger partial charge in [-0.15, -0.1) is 0 Å². The lowest BCUT2D eigenvalue weighted by atomic mass is 10.1. The van der Waals surface area contributed by atoms with Crippen LogP contribution in [0.4, 0.5) is 5.82 Å². The van der Waals surface area contributed by atoms with Gasteiger partial charge in [-0.3, -0.25) is 4.79 Å². The van der Waals surface area contributed by atoms with Gasteiger partial charge in [0.25, 0.3) is 5.91 Å². The molecule has 5 rings (SSSR count). The Hall–Kier alpha value is -4.79. The molecule has 0 fully saturated rings. The number of carbonyl (C=O) groups is 1. The van der Waals surface area contributed by atoms with Gasteiger partial charge in [-0.2, -0.15) is 0 Å². The number of carbonyl (C=O) groups excluding carboxylic acids is 1. The number of para-hydroxylation sites is 1. The van der Waals surface area contributed by atoms with Crippen molar-refractivity contribution >= 4 is 33.7 Å². The second kappa shape index (κ2) is 10.3. The molecule has 0 bridgehead atoms. The number of nitrogen functional groups attached to an aromatic ring is 1. The summed E-state index contributed by atoms with van der Waals surface area (Å²) in [6.45, 7) is 2.96. The van der Waals surface area contributed by atoms with Gasteiger partial charge in [-0.25, -0.2) is 9.97 Å². The molecular formula is C29H29N5O4. The minimum Gasteiger partial charge on any atom is -0.504 e. The van der Waals surface area contributed by atoms with Crippen molar-refractivity contribution < 1.29 is 20.1 Å². The summed E-state index contributed by atoms with van der Waals surface area (Å²) < 4.78 is 2.21. The van der Waals surface area contributed by atoms with Gasteiger partial charge in [0.05, 0.1) is 11.0 Å². The molecule has 0 aliphatic carbocycles. The summed E-state index contributed by atoms with van der Waals surface area (Å²) in [5.41, 5.74) is 10.8. The molecular weight excluding hydrogens is 482 g/mol. The number of aromatic nitrogens is 3. The van der Waals surface area contributed by atoms with E-state index < -0.39 is 23.2 Å². The molecule has 1 amide bonds. The van der Waals surface area contributed by atoms with Crippen molar-refractivity contribution in [3.8, 4) is 17.2 Å². The highest BCUT2D eigenvalue weighted by Crippen LogP contribution is 2.35. The van der Waals surface area contributed by atoms with Crippen LogP contribution in [0.25, 0.3) is 21.9 Å². The van der Waals surface area contributed by atoms with E-state index in [4.69, 9.17) is 10.7 Å². The second-order valence-electron chi connectivity index (χ2n) is 9.29. The lowest BCUT2D eigenvalue weighted by Gasteiger charge is -2.13. The number of phenolic OH excluding ortho intramolecular Hbond substituents is 3. The van der Waals surface area contributed by atoms with Crippen LogP contribution in [0.3, 0.4) is 0 Å². The molecule has 38 heavy (non-hydrogen) atoms. The monoisotopic (exact) mass is 511 g/mol. The zero-order chi connectivity index (χ0) is 26.8. The topological polar surface area (TPSA) is 147 Å².